The molecule has 1 aromatic rings. The Morgan fingerprint density at radius 1 is 1.38 bits per heavy atom. The van der Waals surface area contributed by atoms with Crippen molar-refractivity contribution in [2.45, 2.75) is 24.7 Å². The summed E-state index contributed by atoms with van der Waals surface area (Å²) in [7, 11) is -3.92. The van der Waals surface area contributed by atoms with E-state index in [4.69, 9.17) is 15.0 Å². The molecule has 1 rings (SSSR count). The number of sulfonamides is 1. The zero-order valence-electron chi connectivity index (χ0n) is 11.8. The molecule has 0 aromatic heterocycles. The highest BCUT2D eigenvalue weighted by molar-refractivity contribution is 7.89. The van der Waals surface area contributed by atoms with Gasteiger partial charge in [-0.3, -0.25) is 0 Å². The van der Waals surface area contributed by atoms with Crippen LogP contribution in [0.3, 0.4) is 0 Å². The second kappa shape index (κ2) is 7.96. The van der Waals surface area contributed by atoms with Gasteiger partial charge in [0.1, 0.15) is 0 Å². The Kier molecular flexibility index (Phi) is 6.60. The number of carboxylic acid groups (broad SMARTS) is 1. The van der Waals surface area contributed by atoms with E-state index in [1.54, 1.807) is 0 Å². The fourth-order valence-electron chi connectivity index (χ4n) is 1.68. The highest BCUT2D eigenvalue weighted by Crippen LogP contribution is 2.20. The molecular formula is C13H20N2O5S. The van der Waals surface area contributed by atoms with Crippen LogP contribution >= 0.6 is 0 Å². The summed E-state index contributed by atoms with van der Waals surface area (Å²) in [6, 6.07) is 3.72. The number of ether oxygens (including phenoxy) is 1. The Hall–Kier alpha value is -1.64. The van der Waals surface area contributed by atoms with Gasteiger partial charge in [-0.25, -0.2) is 18.4 Å². The maximum Gasteiger partial charge on any atom is 0.337 e. The Labute approximate surface area is 124 Å². The third-order valence-electron chi connectivity index (χ3n) is 2.68. The van der Waals surface area contributed by atoms with Crippen molar-refractivity contribution < 1.29 is 23.1 Å². The van der Waals surface area contributed by atoms with Gasteiger partial charge in [0.15, 0.2) is 0 Å². The quantitative estimate of drug-likeness (QED) is 0.590. The van der Waals surface area contributed by atoms with Crippen LogP contribution in [-0.4, -0.2) is 39.3 Å². The molecule has 0 unspecified atom stereocenters. The molecule has 8 heteroatoms. The van der Waals surface area contributed by atoms with Gasteiger partial charge < -0.3 is 15.2 Å². The van der Waals surface area contributed by atoms with Crippen molar-refractivity contribution in [2.75, 3.05) is 25.1 Å². The van der Waals surface area contributed by atoms with E-state index in [-0.39, 0.29) is 10.5 Å². The number of rotatable bonds is 9. The van der Waals surface area contributed by atoms with Crippen LogP contribution in [0.15, 0.2) is 23.1 Å². The topological polar surface area (TPSA) is 119 Å². The fraction of sp³-hybridized carbons (Fsp3) is 0.462. The van der Waals surface area contributed by atoms with E-state index in [1.807, 2.05) is 6.92 Å². The summed E-state index contributed by atoms with van der Waals surface area (Å²) < 4.78 is 27.8. The lowest BCUT2D eigenvalue weighted by Crippen LogP contribution is -2.15. The van der Waals surface area contributed by atoms with Gasteiger partial charge in [-0.15, -0.1) is 0 Å². The molecule has 0 fully saturated rings. The van der Waals surface area contributed by atoms with Crippen LogP contribution in [-0.2, 0) is 14.8 Å². The number of primary sulfonamides is 1. The number of carbonyl (C=O) groups is 1. The first kappa shape index (κ1) is 17.4. The van der Waals surface area contributed by atoms with Crippen molar-refractivity contribution in [3.8, 4) is 0 Å². The van der Waals surface area contributed by atoms with E-state index >= 15 is 0 Å². The van der Waals surface area contributed by atoms with E-state index in [0.29, 0.717) is 25.4 Å². The van der Waals surface area contributed by atoms with Crippen LogP contribution in [0.1, 0.15) is 30.1 Å². The van der Waals surface area contributed by atoms with Crippen molar-refractivity contribution in [2.24, 2.45) is 5.14 Å². The van der Waals surface area contributed by atoms with Gasteiger partial charge in [0, 0.05) is 25.4 Å². The minimum absolute atomic E-state index is 0.129. The number of hydrogen-bond acceptors (Lipinski definition) is 5. The van der Waals surface area contributed by atoms with Crippen molar-refractivity contribution in [3.63, 3.8) is 0 Å². The normalized spacial score (nSPS) is 11.3. The lowest BCUT2D eigenvalue weighted by molar-refractivity contribution is 0.0697. The van der Waals surface area contributed by atoms with Crippen molar-refractivity contribution >= 4 is 21.7 Å². The average molecular weight is 316 g/mol. The predicted octanol–water partition coefficient (Wildman–Crippen LogP) is 1.26. The smallest absolute Gasteiger partial charge is 0.337 e. The zero-order valence-corrected chi connectivity index (χ0v) is 12.6. The molecule has 0 aliphatic heterocycles. The maximum atomic E-state index is 11.2. The maximum absolute atomic E-state index is 11.2. The van der Waals surface area contributed by atoms with Gasteiger partial charge in [-0.05, 0) is 31.0 Å². The number of hydrogen-bond donors (Lipinski definition) is 3. The lowest BCUT2D eigenvalue weighted by atomic mass is 10.2. The van der Waals surface area contributed by atoms with Crippen LogP contribution in [0, 0.1) is 0 Å². The Balaban J connectivity index is 2.72. The third-order valence-corrected chi connectivity index (χ3v) is 3.59. The van der Waals surface area contributed by atoms with E-state index < -0.39 is 16.0 Å². The first-order valence-corrected chi connectivity index (χ1v) is 8.12. The van der Waals surface area contributed by atoms with Gasteiger partial charge in [-0.1, -0.05) is 6.92 Å². The number of nitrogens with two attached hydrogens (primary N) is 1. The minimum Gasteiger partial charge on any atom is -0.478 e. The van der Waals surface area contributed by atoms with Gasteiger partial charge in [0.25, 0.3) is 0 Å². The summed E-state index contributed by atoms with van der Waals surface area (Å²) in [5.41, 5.74) is 0.224. The highest BCUT2D eigenvalue weighted by atomic mass is 32.2. The fourth-order valence-corrected chi connectivity index (χ4v) is 2.21. The summed E-state index contributed by atoms with van der Waals surface area (Å²) in [5.74, 6) is -1.22. The second-order valence-electron chi connectivity index (χ2n) is 4.45. The van der Waals surface area contributed by atoms with Crippen molar-refractivity contribution in [1.29, 1.82) is 0 Å². The van der Waals surface area contributed by atoms with E-state index in [9.17, 15) is 13.2 Å². The number of nitrogens with one attached hydrogen (secondary N) is 1. The summed E-state index contributed by atoms with van der Waals surface area (Å²) in [4.78, 5) is 10.9. The Bertz CT molecular complexity index is 586. The number of carboxylic acids is 1. The SMILES string of the molecule is CCCOCCCNc1ccc(S(N)(=O)=O)cc1C(=O)O. The molecule has 0 aliphatic rings. The molecule has 0 amide bonds. The molecule has 0 spiro atoms. The molecule has 0 bridgehead atoms. The highest BCUT2D eigenvalue weighted by Gasteiger charge is 2.15. The lowest BCUT2D eigenvalue weighted by Gasteiger charge is -2.11. The average Bonchev–Trinajstić information content (AvgIpc) is 2.41. The zero-order chi connectivity index (χ0) is 15.9. The van der Waals surface area contributed by atoms with Gasteiger partial charge in [0.05, 0.1) is 10.5 Å². The van der Waals surface area contributed by atoms with Crippen LogP contribution < -0.4 is 10.5 Å². The summed E-state index contributed by atoms with van der Waals surface area (Å²) in [6.45, 7) is 3.82. The van der Waals surface area contributed by atoms with Crippen LogP contribution in [0.5, 0.6) is 0 Å². The molecule has 4 N–H and O–H groups in total. The number of anilines is 1. The third kappa shape index (κ3) is 5.70. The second-order valence-corrected chi connectivity index (χ2v) is 6.01. The molecule has 7 nitrogen and oxygen atoms in total. The Morgan fingerprint density at radius 2 is 2.10 bits per heavy atom. The summed E-state index contributed by atoms with van der Waals surface area (Å²) in [6.07, 6.45) is 1.67. The molecule has 0 saturated heterocycles. The first-order valence-electron chi connectivity index (χ1n) is 6.58. The molecular weight excluding hydrogens is 296 g/mol. The van der Waals surface area contributed by atoms with Gasteiger partial charge >= 0.3 is 5.97 Å². The van der Waals surface area contributed by atoms with E-state index in [0.717, 1.165) is 18.9 Å². The standard InChI is InChI=1S/C13H20N2O5S/c1-2-7-20-8-3-6-15-12-5-4-10(21(14,18)19)9-11(12)13(16)17/h4-5,9,15H,2-3,6-8H2,1H3,(H,16,17)(H2,14,18,19). The molecule has 21 heavy (non-hydrogen) atoms. The molecule has 0 radical (unpaired) electrons. The van der Waals surface area contributed by atoms with Crippen LogP contribution in [0.4, 0.5) is 5.69 Å². The molecule has 118 valence electrons. The largest absolute Gasteiger partial charge is 0.478 e. The van der Waals surface area contributed by atoms with Gasteiger partial charge in [-0.2, -0.15) is 0 Å². The molecule has 0 saturated carbocycles. The number of benzene rings is 1. The van der Waals surface area contributed by atoms with E-state index in [2.05, 4.69) is 5.32 Å². The van der Waals surface area contributed by atoms with Crippen LogP contribution in [0.25, 0.3) is 0 Å². The molecule has 0 atom stereocenters. The first-order chi connectivity index (χ1) is 9.86. The van der Waals surface area contributed by atoms with Crippen LogP contribution in [0.2, 0.25) is 0 Å². The Morgan fingerprint density at radius 3 is 2.67 bits per heavy atom. The number of aromatic carboxylic acids is 1. The van der Waals surface area contributed by atoms with Crippen molar-refractivity contribution in [1.82, 2.24) is 0 Å². The predicted molar refractivity (Wildman–Crippen MR) is 79.0 cm³/mol. The van der Waals surface area contributed by atoms with Gasteiger partial charge in [0.2, 0.25) is 10.0 Å². The minimum atomic E-state index is -3.92. The summed E-state index contributed by atoms with van der Waals surface area (Å²) >= 11 is 0. The monoisotopic (exact) mass is 316 g/mol. The molecule has 0 heterocycles. The van der Waals surface area contributed by atoms with E-state index in [1.165, 1.54) is 12.1 Å². The summed E-state index contributed by atoms with van der Waals surface area (Å²) in [5, 5.41) is 17.1. The molecule has 0 aliphatic carbocycles. The van der Waals surface area contributed by atoms with Crippen molar-refractivity contribution in [3.05, 3.63) is 23.8 Å². The molecule has 1 aromatic carbocycles.